The smallest absolute Gasteiger partial charge is 0.324 e. The van der Waals surface area contributed by atoms with Gasteiger partial charge in [-0.2, -0.15) is 5.10 Å². The Morgan fingerprint density at radius 3 is 2.52 bits per heavy atom. The first-order chi connectivity index (χ1) is 14.9. The number of anilines is 2. The number of aryl methyl sites for hydroxylation is 1. The largest absolute Gasteiger partial charge is 0.369 e. The number of rotatable bonds is 8. The monoisotopic (exact) mass is 427 g/mol. The Kier molecular flexibility index (Phi) is 6.96. The van der Waals surface area contributed by atoms with Crippen molar-refractivity contribution in [2.24, 2.45) is 5.73 Å². The quantitative estimate of drug-likeness (QED) is 0.503. The fourth-order valence-corrected chi connectivity index (χ4v) is 3.02. The zero-order chi connectivity index (χ0) is 22.4. The maximum Gasteiger partial charge on any atom is 0.324 e. The average Bonchev–Trinajstić information content (AvgIpc) is 3.12. The topological polar surface area (TPSA) is 102 Å². The van der Waals surface area contributed by atoms with E-state index in [0.717, 1.165) is 36.6 Å². The zero-order valence-electron chi connectivity index (χ0n) is 17.0. The molecule has 9 heteroatoms. The lowest BCUT2D eigenvalue weighted by Crippen LogP contribution is -2.22. The lowest BCUT2D eigenvalue weighted by Gasteiger charge is -2.11. The molecule has 1 heterocycles. The number of benzene rings is 2. The highest BCUT2D eigenvalue weighted by Crippen LogP contribution is 2.21. The minimum absolute atomic E-state index is 0.119. The van der Waals surface area contributed by atoms with Gasteiger partial charge in [0, 0.05) is 6.07 Å². The van der Waals surface area contributed by atoms with E-state index in [4.69, 9.17) is 5.73 Å². The van der Waals surface area contributed by atoms with E-state index in [0.29, 0.717) is 11.5 Å². The number of hydrogen-bond donors (Lipinski definition) is 3. The molecular weight excluding hydrogens is 404 g/mol. The van der Waals surface area contributed by atoms with Crippen molar-refractivity contribution in [1.82, 2.24) is 9.78 Å². The van der Waals surface area contributed by atoms with Crippen LogP contribution in [-0.4, -0.2) is 21.7 Å². The molecule has 162 valence electrons. The second-order valence-corrected chi connectivity index (χ2v) is 7.03. The number of hydrogen-bond acceptors (Lipinski definition) is 3. The Morgan fingerprint density at radius 1 is 1.10 bits per heavy atom. The summed E-state index contributed by atoms with van der Waals surface area (Å²) >= 11 is 0. The molecule has 31 heavy (non-hydrogen) atoms. The molecule has 0 fully saturated rings. The van der Waals surface area contributed by atoms with Gasteiger partial charge in [-0.1, -0.05) is 31.5 Å². The zero-order valence-corrected chi connectivity index (χ0v) is 17.0. The number of nitrogens with one attached hydrogen (secondary N) is 2. The van der Waals surface area contributed by atoms with Crippen molar-refractivity contribution in [2.75, 3.05) is 10.6 Å². The van der Waals surface area contributed by atoms with Gasteiger partial charge < -0.3 is 11.1 Å². The van der Waals surface area contributed by atoms with Crippen molar-refractivity contribution in [3.05, 3.63) is 71.4 Å². The van der Waals surface area contributed by atoms with Crippen LogP contribution in [0.25, 0.3) is 5.69 Å². The average molecular weight is 427 g/mol. The third kappa shape index (κ3) is 5.65. The van der Waals surface area contributed by atoms with Crippen LogP contribution >= 0.6 is 0 Å². The van der Waals surface area contributed by atoms with Crippen LogP contribution in [0.2, 0.25) is 0 Å². The van der Waals surface area contributed by atoms with Gasteiger partial charge in [0.2, 0.25) is 5.91 Å². The number of halogens is 2. The van der Waals surface area contributed by atoms with Gasteiger partial charge in [-0.3, -0.25) is 10.1 Å². The highest BCUT2D eigenvalue weighted by atomic mass is 19.2. The first-order valence-electron chi connectivity index (χ1n) is 9.86. The van der Waals surface area contributed by atoms with E-state index in [1.54, 1.807) is 35.0 Å². The Labute approximate surface area is 178 Å². The summed E-state index contributed by atoms with van der Waals surface area (Å²) in [6.07, 6.45) is 2.75. The van der Waals surface area contributed by atoms with Crippen LogP contribution in [0.4, 0.5) is 25.1 Å². The number of unbranched alkanes of at least 4 members (excludes halogenated alkanes) is 1. The number of primary amides is 1. The molecule has 0 saturated carbocycles. The molecule has 0 saturated heterocycles. The van der Waals surface area contributed by atoms with Gasteiger partial charge in [0.25, 0.3) is 0 Å². The maximum atomic E-state index is 13.8. The molecule has 0 bridgehead atoms. The molecule has 4 N–H and O–H groups in total. The predicted molar refractivity (Wildman–Crippen MR) is 114 cm³/mol. The summed E-state index contributed by atoms with van der Waals surface area (Å²) < 4.78 is 28.8. The van der Waals surface area contributed by atoms with Crippen molar-refractivity contribution in [3.63, 3.8) is 0 Å². The molecule has 0 aliphatic carbocycles. The molecule has 1 aromatic heterocycles. The normalized spacial score (nSPS) is 10.7. The molecule has 0 unspecified atom stereocenters. The number of nitrogens with two attached hydrogens (primary N) is 1. The van der Waals surface area contributed by atoms with Crippen LogP contribution in [0.5, 0.6) is 0 Å². The number of aromatic nitrogens is 2. The predicted octanol–water partition coefficient (Wildman–Crippen LogP) is 4.16. The van der Waals surface area contributed by atoms with Gasteiger partial charge in [0.1, 0.15) is 5.82 Å². The van der Waals surface area contributed by atoms with E-state index >= 15 is 0 Å². The summed E-state index contributed by atoms with van der Waals surface area (Å²) in [5.74, 6) is -2.26. The fourth-order valence-electron chi connectivity index (χ4n) is 3.02. The van der Waals surface area contributed by atoms with Crippen molar-refractivity contribution < 1.29 is 18.4 Å². The molecule has 0 radical (unpaired) electrons. The maximum absolute atomic E-state index is 13.8. The first kappa shape index (κ1) is 21.9. The van der Waals surface area contributed by atoms with Crippen LogP contribution in [0.3, 0.4) is 0 Å². The van der Waals surface area contributed by atoms with E-state index in [2.05, 4.69) is 22.7 Å². The van der Waals surface area contributed by atoms with Crippen LogP contribution in [0, 0.1) is 11.6 Å². The first-order valence-corrected chi connectivity index (χ1v) is 9.86. The Balaban J connectivity index is 1.84. The third-order valence-corrected chi connectivity index (χ3v) is 4.55. The molecule has 0 spiro atoms. The summed E-state index contributed by atoms with van der Waals surface area (Å²) in [6, 6.07) is 11.5. The van der Waals surface area contributed by atoms with E-state index < -0.39 is 23.6 Å². The Morgan fingerprint density at radius 2 is 1.84 bits per heavy atom. The molecule has 0 aliphatic rings. The van der Waals surface area contributed by atoms with Gasteiger partial charge >= 0.3 is 6.03 Å². The van der Waals surface area contributed by atoms with Gasteiger partial charge in [-0.15, -0.1) is 0 Å². The molecule has 3 amide bonds. The van der Waals surface area contributed by atoms with E-state index in [9.17, 15) is 18.4 Å². The molecule has 3 aromatic rings. The Bertz CT molecular complexity index is 1080. The fraction of sp³-hybridized carbons (Fsp3) is 0.227. The van der Waals surface area contributed by atoms with Crippen LogP contribution < -0.4 is 16.4 Å². The SMILES string of the molecule is CCCCc1cc(NC(=O)Nc2cccc(F)c2F)n(-c2ccc(CC(N)=O)cc2)n1. The lowest BCUT2D eigenvalue weighted by atomic mass is 10.1. The third-order valence-electron chi connectivity index (χ3n) is 4.55. The van der Waals surface area contributed by atoms with Crippen LogP contribution in [0.1, 0.15) is 31.0 Å². The second-order valence-electron chi connectivity index (χ2n) is 7.03. The van der Waals surface area contributed by atoms with Gasteiger partial charge in [-0.25, -0.2) is 18.3 Å². The molecule has 2 aromatic carbocycles. The molecular formula is C22H23F2N5O2. The minimum atomic E-state index is -1.14. The number of urea groups is 1. The standard InChI is InChI=1S/C22H23F2N5O2/c1-2-3-5-15-13-20(27-22(31)26-18-7-4-6-17(23)21(18)24)29(28-15)16-10-8-14(9-11-16)12-19(25)30/h4,6-11,13H,2-3,5,12H2,1H3,(H2,25,30)(H2,26,27,31). The van der Waals surface area contributed by atoms with Crippen molar-refractivity contribution in [1.29, 1.82) is 0 Å². The summed E-state index contributed by atoms with van der Waals surface area (Å²) in [4.78, 5) is 23.5. The summed E-state index contributed by atoms with van der Waals surface area (Å²) in [7, 11) is 0. The van der Waals surface area contributed by atoms with Gasteiger partial charge in [-0.05, 0) is 42.7 Å². The second kappa shape index (κ2) is 9.84. The molecule has 0 atom stereocenters. The minimum Gasteiger partial charge on any atom is -0.369 e. The van der Waals surface area contributed by atoms with Crippen molar-refractivity contribution >= 4 is 23.4 Å². The summed E-state index contributed by atoms with van der Waals surface area (Å²) in [5.41, 5.74) is 7.13. The van der Waals surface area contributed by atoms with Crippen LogP contribution in [0.15, 0.2) is 48.5 Å². The van der Waals surface area contributed by atoms with E-state index in [1.165, 1.54) is 12.1 Å². The molecule has 7 nitrogen and oxygen atoms in total. The van der Waals surface area contributed by atoms with Crippen molar-refractivity contribution in [2.45, 2.75) is 32.6 Å². The Hall–Kier alpha value is -3.75. The molecule has 0 aliphatic heterocycles. The highest BCUT2D eigenvalue weighted by molar-refractivity contribution is 5.99. The van der Waals surface area contributed by atoms with Crippen LogP contribution in [-0.2, 0) is 17.6 Å². The lowest BCUT2D eigenvalue weighted by molar-refractivity contribution is -0.117. The van der Waals surface area contributed by atoms with E-state index in [1.807, 2.05) is 0 Å². The summed E-state index contributed by atoms with van der Waals surface area (Å²) in [5, 5.41) is 9.49. The van der Waals surface area contributed by atoms with E-state index in [-0.39, 0.29) is 12.1 Å². The highest BCUT2D eigenvalue weighted by Gasteiger charge is 2.15. The number of nitrogens with zero attached hydrogens (tertiary/aromatic N) is 2. The van der Waals surface area contributed by atoms with Crippen molar-refractivity contribution in [3.8, 4) is 5.69 Å². The number of carbonyl (C=O) groups excluding carboxylic acids is 2. The molecule has 3 rings (SSSR count). The number of amides is 3. The summed E-state index contributed by atoms with van der Waals surface area (Å²) in [6.45, 7) is 2.06. The van der Waals surface area contributed by atoms with Gasteiger partial charge in [0.15, 0.2) is 11.6 Å². The van der Waals surface area contributed by atoms with Gasteiger partial charge in [0.05, 0.1) is 23.5 Å². The number of carbonyl (C=O) groups is 2.